The predicted molar refractivity (Wildman–Crippen MR) is 76.6 cm³/mol. The number of amides is 1. The summed E-state index contributed by atoms with van der Waals surface area (Å²) in [5.41, 5.74) is 0. The molecule has 1 aliphatic rings. The minimum atomic E-state index is -3.38. The van der Waals surface area contributed by atoms with E-state index in [9.17, 15) is 18.0 Å². The summed E-state index contributed by atoms with van der Waals surface area (Å²) in [7, 11) is -3.38. The molecule has 2 unspecified atom stereocenters. The van der Waals surface area contributed by atoms with Gasteiger partial charge in [0.15, 0.2) is 0 Å². The van der Waals surface area contributed by atoms with Gasteiger partial charge in [-0.15, -0.1) is 0 Å². The van der Waals surface area contributed by atoms with Crippen LogP contribution in [0.4, 0.5) is 0 Å². The van der Waals surface area contributed by atoms with E-state index in [-0.39, 0.29) is 17.6 Å². The van der Waals surface area contributed by atoms with Crippen LogP contribution < -0.4 is 5.32 Å². The maximum Gasteiger partial charge on any atom is 0.239 e. The second-order valence-electron chi connectivity index (χ2n) is 5.48. The summed E-state index contributed by atoms with van der Waals surface area (Å²) in [6.45, 7) is 5.80. The second-order valence-corrected chi connectivity index (χ2v) is 7.52. The first-order valence-electron chi connectivity index (χ1n) is 7.08. The van der Waals surface area contributed by atoms with Crippen LogP contribution in [0.1, 0.15) is 40.0 Å². The fourth-order valence-corrected chi connectivity index (χ4v) is 4.28. The normalized spacial score (nSPS) is 22.2. The summed E-state index contributed by atoms with van der Waals surface area (Å²) >= 11 is 0. The van der Waals surface area contributed by atoms with Gasteiger partial charge < -0.3 is 10.1 Å². The lowest BCUT2D eigenvalue weighted by Crippen LogP contribution is -2.56. The zero-order valence-electron chi connectivity index (χ0n) is 12.3. The van der Waals surface area contributed by atoms with E-state index in [1.54, 1.807) is 6.92 Å². The van der Waals surface area contributed by atoms with Crippen LogP contribution in [0.2, 0.25) is 0 Å². The fourth-order valence-electron chi connectivity index (χ4n) is 2.39. The highest BCUT2D eigenvalue weighted by Crippen LogP contribution is 2.21. The van der Waals surface area contributed by atoms with Crippen LogP contribution in [0, 0.1) is 5.92 Å². The third kappa shape index (κ3) is 4.02. The van der Waals surface area contributed by atoms with Crippen molar-refractivity contribution in [3.05, 3.63) is 0 Å². The van der Waals surface area contributed by atoms with Gasteiger partial charge in [0.1, 0.15) is 12.3 Å². The van der Waals surface area contributed by atoms with E-state index in [0.29, 0.717) is 25.7 Å². The van der Waals surface area contributed by atoms with E-state index < -0.39 is 22.1 Å². The van der Waals surface area contributed by atoms with E-state index in [1.165, 1.54) is 4.31 Å². The zero-order chi connectivity index (χ0) is 15.3. The number of nitrogens with one attached hydrogen (secondary N) is 1. The van der Waals surface area contributed by atoms with Crippen molar-refractivity contribution < 1.29 is 18.0 Å². The molecule has 0 bridgehead atoms. The predicted octanol–water partition coefficient (Wildman–Crippen LogP) is 0.530. The molecule has 2 atom stereocenters. The smallest absolute Gasteiger partial charge is 0.239 e. The average molecular weight is 304 g/mol. The molecule has 6 nitrogen and oxygen atoms in total. The van der Waals surface area contributed by atoms with Gasteiger partial charge in [-0.2, -0.15) is 4.31 Å². The van der Waals surface area contributed by atoms with Crippen LogP contribution in [0.5, 0.6) is 0 Å². The summed E-state index contributed by atoms with van der Waals surface area (Å²) in [5, 5.41) is 2.62. The van der Waals surface area contributed by atoms with E-state index >= 15 is 0 Å². The Hall–Kier alpha value is -0.950. The molecule has 116 valence electrons. The summed E-state index contributed by atoms with van der Waals surface area (Å²) in [5.74, 6) is -0.439. The highest BCUT2D eigenvalue weighted by Gasteiger charge is 2.38. The van der Waals surface area contributed by atoms with Crippen LogP contribution in [0.3, 0.4) is 0 Å². The first kappa shape index (κ1) is 17.1. The van der Waals surface area contributed by atoms with Crippen molar-refractivity contribution >= 4 is 22.2 Å². The van der Waals surface area contributed by atoms with Crippen molar-refractivity contribution in [1.82, 2.24) is 9.62 Å². The maximum absolute atomic E-state index is 12.3. The van der Waals surface area contributed by atoms with Crippen molar-refractivity contribution in [3.8, 4) is 0 Å². The lowest BCUT2D eigenvalue weighted by Gasteiger charge is -2.35. The van der Waals surface area contributed by atoms with Gasteiger partial charge in [0.2, 0.25) is 15.9 Å². The largest absolute Gasteiger partial charge is 0.345 e. The first-order chi connectivity index (χ1) is 9.33. The van der Waals surface area contributed by atoms with Gasteiger partial charge in [-0.05, 0) is 25.2 Å². The summed E-state index contributed by atoms with van der Waals surface area (Å²) < 4.78 is 25.6. The molecule has 0 aromatic heterocycles. The van der Waals surface area contributed by atoms with Gasteiger partial charge in [0, 0.05) is 6.54 Å². The molecule has 0 saturated carbocycles. The minimum Gasteiger partial charge on any atom is -0.345 e. The molecule has 0 aliphatic carbocycles. The Labute approximate surface area is 121 Å². The number of rotatable bonds is 6. The maximum atomic E-state index is 12.3. The molecule has 0 aromatic rings. The number of carbonyl (C=O) groups is 2. The quantitative estimate of drug-likeness (QED) is 0.726. The molecule has 20 heavy (non-hydrogen) atoms. The average Bonchev–Trinajstić information content (AvgIpc) is 2.37. The van der Waals surface area contributed by atoms with E-state index in [1.807, 2.05) is 13.8 Å². The van der Waals surface area contributed by atoms with Crippen molar-refractivity contribution in [2.45, 2.75) is 52.1 Å². The number of nitrogens with zero attached hydrogens (tertiary/aromatic N) is 1. The topological polar surface area (TPSA) is 83.6 Å². The molecule has 1 amide bonds. The Kier molecular flexibility index (Phi) is 6.13. The minimum absolute atomic E-state index is 0.0917. The van der Waals surface area contributed by atoms with Crippen LogP contribution in [-0.2, 0) is 19.6 Å². The summed E-state index contributed by atoms with van der Waals surface area (Å²) in [4.78, 5) is 23.1. The van der Waals surface area contributed by atoms with Crippen molar-refractivity contribution in [3.63, 3.8) is 0 Å². The molecule has 0 spiro atoms. The van der Waals surface area contributed by atoms with Crippen molar-refractivity contribution in [1.29, 1.82) is 0 Å². The third-order valence-corrected chi connectivity index (χ3v) is 5.46. The molecular weight excluding hydrogens is 280 g/mol. The van der Waals surface area contributed by atoms with Gasteiger partial charge in [-0.3, -0.25) is 4.79 Å². The SMILES string of the molecule is CCC(C=O)NC(=O)C(C(C)C)N1CCCCS1(=O)=O. The second kappa shape index (κ2) is 7.17. The molecule has 0 radical (unpaired) electrons. The monoisotopic (exact) mass is 304 g/mol. The van der Waals surface area contributed by atoms with Gasteiger partial charge >= 0.3 is 0 Å². The first-order valence-corrected chi connectivity index (χ1v) is 8.69. The summed E-state index contributed by atoms with van der Waals surface area (Å²) in [6.07, 6.45) is 2.57. The number of hydrogen-bond acceptors (Lipinski definition) is 4. The number of carbonyl (C=O) groups excluding carboxylic acids is 2. The van der Waals surface area contributed by atoms with Crippen LogP contribution in [0.15, 0.2) is 0 Å². The Morgan fingerprint density at radius 1 is 1.35 bits per heavy atom. The molecule has 1 saturated heterocycles. The molecule has 1 fully saturated rings. The Bertz CT molecular complexity index is 447. The Morgan fingerprint density at radius 2 is 2.00 bits per heavy atom. The number of hydrogen-bond donors (Lipinski definition) is 1. The lowest BCUT2D eigenvalue weighted by molar-refractivity contribution is -0.128. The van der Waals surface area contributed by atoms with Gasteiger partial charge in [-0.25, -0.2) is 8.42 Å². The Morgan fingerprint density at radius 3 is 2.45 bits per heavy atom. The van der Waals surface area contributed by atoms with Crippen molar-refractivity contribution in [2.24, 2.45) is 5.92 Å². The van der Waals surface area contributed by atoms with Crippen molar-refractivity contribution in [2.75, 3.05) is 12.3 Å². The van der Waals surface area contributed by atoms with Crippen LogP contribution in [-0.4, -0.2) is 49.3 Å². The van der Waals surface area contributed by atoms with Gasteiger partial charge in [0.05, 0.1) is 11.8 Å². The van der Waals surface area contributed by atoms with Gasteiger partial charge in [0.25, 0.3) is 0 Å². The van der Waals surface area contributed by atoms with Crippen LogP contribution in [0.25, 0.3) is 0 Å². The molecule has 7 heteroatoms. The number of sulfonamides is 1. The highest BCUT2D eigenvalue weighted by molar-refractivity contribution is 7.89. The van der Waals surface area contributed by atoms with Crippen LogP contribution >= 0.6 is 0 Å². The number of aldehydes is 1. The van der Waals surface area contributed by atoms with E-state index in [0.717, 1.165) is 6.42 Å². The molecule has 1 N–H and O–H groups in total. The zero-order valence-corrected chi connectivity index (χ0v) is 13.1. The lowest BCUT2D eigenvalue weighted by atomic mass is 10.0. The molecular formula is C13H24N2O4S. The van der Waals surface area contributed by atoms with E-state index in [4.69, 9.17) is 0 Å². The summed E-state index contributed by atoms with van der Waals surface area (Å²) in [6, 6.07) is -1.30. The van der Waals surface area contributed by atoms with E-state index in [2.05, 4.69) is 5.32 Å². The molecule has 1 rings (SSSR count). The molecule has 1 heterocycles. The third-order valence-electron chi connectivity index (χ3n) is 3.53. The molecule has 0 aromatic carbocycles. The molecule has 1 aliphatic heterocycles. The standard InChI is InChI=1S/C13H24N2O4S/c1-4-11(9-16)14-13(17)12(10(2)3)15-7-5-6-8-20(15,18)19/h9-12H,4-8H2,1-3H3,(H,14,17). The Balaban J connectivity index is 2.93. The highest BCUT2D eigenvalue weighted by atomic mass is 32.2. The van der Waals surface area contributed by atoms with Gasteiger partial charge in [-0.1, -0.05) is 20.8 Å². The fraction of sp³-hybridized carbons (Fsp3) is 0.846.